The first-order valence-corrected chi connectivity index (χ1v) is 6.02. The van der Waals surface area contributed by atoms with Gasteiger partial charge in [0.2, 0.25) is 0 Å². The van der Waals surface area contributed by atoms with Crippen LogP contribution in [0.2, 0.25) is 0 Å². The molecule has 0 unspecified atom stereocenters. The number of hydrogen-bond donors (Lipinski definition) is 1. The van der Waals surface area contributed by atoms with Crippen LogP contribution in [0.5, 0.6) is 0 Å². The van der Waals surface area contributed by atoms with Crippen molar-refractivity contribution in [2.45, 2.75) is 0 Å². The number of likely N-dealkylation sites (N-methyl/N-ethyl adjacent to an activating group) is 1. The van der Waals surface area contributed by atoms with Crippen molar-refractivity contribution < 1.29 is 4.79 Å². The molecule has 0 aliphatic heterocycles. The van der Waals surface area contributed by atoms with Gasteiger partial charge in [0.25, 0.3) is 5.91 Å². The number of carbonyl (C=O) groups is 1. The summed E-state index contributed by atoms with van der Waals surface area (Å²) >= 11 is 4.82. The summed E-state index contributed by atoms with van der Waals surface area (Å²) in [6, 6.07) is 13.5. The highest BCUT2D eigenvalue weighted by Crippen LogP contribution is 2.19. The maximum absolute atomic E-state index is 12.3. The van der Waals surface area contributed by atoms with Crippen molar-refractivity contribution in [3.63, 3.8) is 0 Å². The molecule has 3 nitrogen and oxygen atoms in total. The first-order valence-electron chi connectivity index (χ1n) is 5.61. The number of nitrogens with zero attached hydrogens (tertiary/aromatic N) is 1. The maximum atomic E-state index is 12.3. The van der Waals surface area contributed by atoms with Crippen LogP contribution in [-0.4, -0.2) is 29.4 Å². The van der Waals surface area contributed by atoms with Crippen LogP contribution in [0.15, 0.2) is 42.5 Å². The lowest BCUT2D eigenvalue weighted by atomic mass is 10.0. The number of carbonyl (C=O) groups excluding carboxylic acids is 1. The highest BCUT2D eigenvalue weighted by molar-refractivity contribution is 7.80. The molecular formula is C14H14N2OS. The molecule has 92 valence electrons. The van der Waals surface area contributed by atoms with Gasteiger partial charge in [-0.25, -0.2) is 0 Å². The number of amides is 1. The number of fused-ring (bicyclic) bond motifs is 1. The predicted molar refractivity (Wildman–Crippen MR) is 77.7 cm³/mol. The molecule has 0 atom stereocenters. The molecule has 0 aromatic heterocycles. The standard InChI is InChI=1S/C14H14N2OS/c1-16(9-13(15)18)14(17)12-8-4-6-10-5-2-3-7-11(10)12/h2-8H,9H2,1H3,(H2,15,18). The minimum absolute atomic E-state index is 0.0698. The molecule has 2 aromatic carbocycles. The molecule has 18 heavy (non-hydrogen) atoms. The minimum atomic E-state index is -0.0698. The number of hydrogen-bond acceptors (Lipinski definition) is 2. The number of thiocarbonyl (C=S) groups is 1. The van der Waals surface area contributed by atoms with Gasteiger partial charge in [-0.3, -0.25) is 4.79 Å². The Labute approximate surface area is 111 Å². The Hall–Kier alpha value is -1.94. The van der Waals surface area contributed by atoms with Crippen molar-refractivity contribution >= 4 is 33.9 Å². The second-order valence-corrected chi connectivity index (χ2v) is 4.68. The van der Waals surface area contributed by atoms with E-state index in [-0.39, 0.29) is 12.5 Å². The molecule has 2 aromatic rings. The Kier molecular flexibility index (Phi) is 3.58. The number of benzene rings is 2. The normalized spacial score (nSPS) is 10.3. The van der Waals surface area contributed by atoms with Crippen molar-refractivity contribution in [2.24, 2.45) is 5.73 Å². The third-order valence-corrected chi connectivity index (χ3v) is 2.89. The summed E-state index contributed by atoms with van der Waals surface area (Å²) in [4.78, 5) is 14.1. The minimum Gasteiger partial charge on any atom is -0.392 e. The van der Waals surface area contributed by atoms with Crippen LogP contribution in [0.25, 0.3) is 10.8 Å². The van der Waals surface area contributed by atoms with Crippen molar-refractivity contribution in [3.05, 3.63) is 48.0 Å². The molecule has 1 amide bonds. The first kappa shape index (κ1) is 12.5. The molecule has 0 heterocycles. The van der Waals surface area contributed by atoms with Gasteiger partial charge in [-0.15, -0.1) is 0 Å². The molecule has 2 rings (SSSR count). The van der Waals surface area contributed by atoms with E-state index in [0.717, 1.165) is 10.8 Å². The van der Waals surface area contributed by atoms with Gasteiger partial charge in [-0.1, -0.05) is 48.6 Å². The molecule has 0 fully saturated rings. The average Bonchev–Trinajstić information content (AvgIpc) is 2.36. The van der Waals surface area contributed by atoms with E-state index in [9.17, 15) is 4.79 Å². The van der Waals surface area contributed by atoms with E-state index in [0.29, 0.717) is 10.6 Å². The summed E-state index contributed by atoms with van der Waals surface area (Å²) in [5.41, 5.74) is 6.13. The zero-order valence-electron chi connectivity index (χ0n) is 10.1. The van der Waals surface area contributed by atoms with E-state index >= 15 is 0 Å². The lowest BCUT2D eigenvalue weighted by Gasteiger charge is -2.17. The van der Waals surface area contributed by atoms with Crippen LogP contribution in [0.3, 0.4) is 0 Å². The fourth-order valence-electron chi connectivity index (χ4n) is 1.92. The average molecular weight is 258 g/mol. The zero-order chi connectivity index (χ0) is 13.1. The van der Waals surface area contributed by atoms with Crippen molar-refractivity contribution in [2.75, 3.05) is 13.6 Å². The smallest absolute Gasteiger partial charge is 0.254 e. The largest absolute Gasteiger partial charge is 0.392 e. The van der Waals surface area contributed by atoms with E-state index in [1.807, 2.05) is 42.5 Å². The van der Waals surface area contributed by atoms with Crippen LogP contribution >= 0.6 is 12.2 Å². The Morgan fingerprint density at radius 1 is 1.22 bits per heavy atom. The van der Waals surface area contributed by atoms with Gasteiger partial charge in [0.05, 0.1) is 11.5 Å². The molecular weight excluding hydrogens is 244 g/mol. The summed E-state index contributed by atoms with van der Waals surface area (Å²) in [6.45, 7) is 0.289. The summed E-state index contributed by atoms with van der Waals surface area (Å²) in [5.74, 6) is -0.0698. The third kappa shape index (κ3) is 2.49. The molecule has 0 aliphatic rings. The molecule has 0 bridgehead atoms. The van der Waals surface area contributed by atoms with Crippen LogP contribution in [-0.2, 0) is 0 Å². The van der Waals surface area contributed by atoms with Crippen LogP contribution < -0.4 is 5.73 Å². The fraction of sp³-hybridized carbons (Fsp3) is 0.143. The van der Waals surface area contributed by atoms with Crippen molar-refractivity contribution in [3.8, 4) is 0 Å². The Balaban J connectivity index is 2.42. The first-order chi connectivity index (χ1) is 8.59. The maximum Gasteiger partial charge on any atom is 0.254 e. The number of nitrogens with two attached hydrogens (primary N) is 1. The van der Waals surface area contributed by atoms with Crippen LogP contribution in [0.1, 0.15) is 10.4 Å². The van der Waals surface area contributed by atoms with Crippen molar-refractivity contribution in [1.82, 2.24) is 4.90 Å². The summed E-state index contributed by atoms with van der Waals surface area (Å²) in [6.07, 6.45) is 0. The van der Waals surface area contributed by atoms with Gasteiger partial charge in [0.1, 0.15) is 0 Å². The van der Waals surface area contributed by atoms with Crippen molar-refractivity contribution in [1.29, 1.82) is 0 Å². The monoisotopic (exact) mass is 258 g/mol. The Morgan fingerprint density at radius 3 is 2.61 bits per heavy atom. The summed E-state index contributed by atoms with van der Waals surface area (Å²) < 4.78 is 0. The quantitative estimate of drug-likeness (QED) is 0.858. The molecule has 4 heteroatoms. The molecule has 0 spiro atoms. The van der Waals surface area contributed by atoms with E-state index in [4.69, 9.17) is 18.0 Å². The van der Waals surface area contributed by atoms with E-state index in [1.165, 1.54) is 4.90 Å². The SMILES string of the molecule is CN(CC(N)=S)C(=O)c1cccc2ccccc12. The predicted octanol–water partition coefficient (Wildman–Crippen LogP) is 2.20. The Morgan fingerprint density at radius 2 is 1.89 bits per heavy atom. The van der Waals surface area contributed by atoms with Gasteiger partial charge in [0, 0.05) is 12.6 Å². The van der Waals surface area contributed by atoms with Gasteiger partial charge in [0.15, 0.2) is 0 Å². The van der Waals surface area contributed by atoms with E-state index in [2.05, 4.69) is 0 Å². The van der Waals surface area contributed by atoms with E-state index < -0.39 is 0 Å². The molecule has 0 aliphatic carbocycles. The van der Waals surface area contributed by atoms with Gasteiger partial charge >= 0.3 is 0 Å². The highest BCUT2D eigenvalue weighted by atomic mass is 32.1. The Bertz CT molecular complexity index is 604. The topological polar surface area (TPSA) is 46.3 Å². The van der Waals surface area contributed by atoms with Gasteiger partial charge < -0.3 is 10.6 Å². The third-order valence-electron chi connectivity index (χ3n) is 2.76. The molecule has 2 N–H and O–H groups in total. The van der Waals surface area contributed by atoms with E-state index in [1.54, 1.807) is 7.05 Å². The molecule has 0 saturated carbocycles. The van der Waals surface area contributed by atoms with Crippen LogP contribution in [0, 0.1) is 0 Å². The second kappa shape index (κ2) is 5.14. The fourth-order valence-corrected chi connectivity index (χ4v) is 2.12. The number of rotatable bonds is 3. The second-order valence-electron chi connectivity index (χ2n) is 4.15. The highest BCUT2D eigenvalue weighted by Gasteiger charge is 2.14. The lowest BCUT2D eigenvalue weighted by molar-refractivity contribution is 0.0817. The zero-order valence-corrected chi connectivity index (χ0v) is 10.9. The van der Waals surface area contributed by atoms with Gasteiger partial charge in [-0.2, -0.15) is 0 Å². The van der Waals surface area contributed by atoms with Crippen LogP contribution in [0.4, 0.5) is 0 Å². The molecule has 0 radical (unpaired) electrons. The summed E-state index contributed by atoms with van der Waals surface area (Å²) in [5, 5.41) is 1.99. The van der Waals surface area contributed by atoms with Gasteiger partial charge in [-0.05, 0) is 16.8 Å². The molecule has 0 saturated heterocycles. The lowest BCUT2D eigenvalue weighted by Crippen LogP contribution is -2.34. The summed E-state index contributed by atoms with van der Waals surface area (Å²) in [7, 11) is 1.70.